The van der Waals surface area contributed by atoms with E-state index in [1.165, 1.54) is 38.5 Å². The van der Waals surface area contributed by atoms with Crippen LogP contribution in [-0.4, -0.2) is 57.8 Å². The Morgan fingerprint density at radius 1 is 0.714 bits per heavy atom. The topological polar surface area (TPSA) is 134 Å². The highest BCUT2D eigenvalue weighted by Gasteiger charge is 2.60. The smallest absolute Gasteiger partial charge is 0.339 e. The van der Waals surface area contributed by atoms with E-state index in [1.807, 2.05) is 0 Å². The minimum atomic E-state index is -2.98. The molecule has 0 radical (unpaired) electrons. The van der Waals surface area contributed by atoms with Crippen molar-refractivity contribution in [2.24, 2.45) is 0 Å². The highest BCUT2D eigenvalue weighted by molar-refractivity contribution is 5.91. The largest absolute Gasteiger partial charge is 0.497 e. The molecule has 0 bridgehead atoms. The van der Waals surface area contributed by atoms with Gasteiger partial charge in [-0.15, -0.1) is 0 Å². The summed E-state index contributed by atoms with van der Waals surface area (Å²) >= 11 is 0. The van der Waals surface area contributed by atoms with Crippen LogP contribution >= 0.6 is 0 Å². The molecule has 150 valence electrons. The van der Waals surface area contributed by atoms with Gasteiger partial charge in [-0.1, -0.05) is 24.3 Å². The maximum absolute atomic E-state index is 11.9. The molecule has 2 rings (SSSR count). The number of aliphatic hydroxyl groups is 2. The van der Waals surface area contributed by atoms with Gasteiger partial charge in [-0.05, 0) is 35.4 Å². The second-order valence-corrected chi connectivity index (χ2v) is 6.38. The van der Waals surface area contributed by atoms with E-state index in [2.05, 4.69) is 0 Å². The van der Waals surface area contributed by atoms with Gasteiger partial charge in [-0.2, -0.15) is 0 Å². The standard InChI is InChI=1S/C20H22O8/c1-27-15-7-3-13(4-8-15)11-19(25,17(21)22)20(26,18(23)24)12-14-5-9-16(28-2)10-6-14/h3-10,25-26H,11-12H2,1-2H3,(H,21,22)(H,23,24)/t19-,20-/m1/s1. The van der Waals surface area contributed by atoms with Crippen LogP contribution in [0, 0.1) is 0 Å². The summed E-state index contributed by atoms with van der Waals surface area (Å²) in [4.78, 5) is 23.7. The highest BCUT2D eigenvalue weighted by Crippen LogP contribution is 2.32. The third kappa shape index (κ3) is 4.08. The number of carboxylic acids is 2. The Kier molecular flexibility index (Phi) is 6.27. The molecule has 0 amide bonds. The first-order valence-electron chi connectivity index (χ1n) is 8.33. The summed E-state index contributed by atoms with van der Waals surface area (Å²) in [7, 11) is 2.92. The van der Waals surface area contributed by atoms with E-state index in [9.17, 15) is 30.0 Å². The van der Waals surface area contributed by atoms with E-state index in [0.717, 1.165) is 0 Å². The molecule has 0 aliphatic carbocycles. The summed E-state index contributed by atoms with van der Waals surface area (Å²) in [5, 5.41) is 40.9. The summed E-state index contributed by atoms with van der Waals surface area (Å²) in [6, 6.07) is 12.1. The Morgan fingerprint density at radius 2 is 1.00 bits per heavy atom. The lowest BCUT2D eigenvalue weighted by atomic mass is 9.74. The van der Waals surface area contributed by atoms with Gasteiger partial charge in [0, 0.05) is 12.8 Å². The van der Waals surface area contributed by atoms with Gasteiger partial charge in [0.05, 0.1) is 14.2 Å². The molecular formula is C20H22O8. The van der Waals surface area contributed by atoms with Gasteiger partial charge < -0.3 is 29.9 Å². The Balaban J connectivity index is 2.42. The zero-order valence-electron chi connectivity index (χ0n) is 15.5. The van der Waals surface area contributed by atoms with Crippen LogP contribution in [-0.2, 0) is 22.4 Å². The predicted molar refractivity (Wildman–Crippen MR) is 98.6 cm³/mol. The van der Waals surface area contributed by atoms with Gasteiger partial charge >= 0.3 is 11.9 Å². The van der Waals surface area contributed by atoms with E-state index >= 15 is 0 Å². The second kappa shape index (κ2) is 8.28. The number of ether oxygens (including phenoxy) is 2. The number of aliphatic carboxylic acids is 2. The van der Waals surface area contributed by atoms with Gasteiger partial charge in [-0.3, -0.25) is 0 Å². The van der Waals surface area contributed by atoms with Crippen molar-refractivity contribution in [2.75, 3.05) is 14.2 Å². The lowest BCUT2D eigenvalue weighted by Crippen LogP contribution is -2.66. The molecule has 2 atom stereocenters. The van der Waals surface area contributed by atoms with Crippen molar-refractivity contribution in [3.8, 4) is 11.5 Å². The Morgan fingerprint density at radius 3 is 1.21 bits per heavy atom. The summed E-state index contributed by atoms with van der Waals surface area (Å²) < 4.78 is 10.0. The lowest BCUT2D eigenvalue weighted by molar-refractivity contribution is -0.206. The molecule has 4 N–H and O–H groups in total. The summed E-state index contributed by atoms with van der Waals surface area (Å²) in [5.41, 5.74) is -5.32. The van der Waals surface area contributed by atoms with E-state index in [-0.39, 0.29) is 0 Å². The molecule has 28 heavy (non-hydrogen) atoms. The third-order valence-electron chi connectivity index (χ3n) is 4.63. The Labute approximate surface area is 161 Å². The number of hydrogen-bond acceptors (Lipinski definition) is 6. The van der Waals surface area contributed by atoms with Crippen molar-refractivity contribution < 1.29 is 39.5 Å². The van der Waals surface area contributed by atoms with Crippen LogP contribution < -0.4 is 9.47 Å². The van der Waals surface area contributed by atoms with Crippen molar-refractivity contribution in [3.63, 3.8) is 0 Å². The van der Waals surface area contributed by atoms with Crippen LogP contribution in [0.15, 0.2) is 48.5 Å². The van der Waals surface area contributed by atoms with Crippen molar-refractivity contribution >= 4 is 11.9 Å². The van der Waals surface area contributed by atoms with Crippen molar-refractivity contribution in [2.45, 2.75) is 24.0 Å². The van der Waals surface area contributed by atoms with E-state index in [4.69, 9.17) is 9.47 Å². The first kappa shape index (κ1) is 21.2. The van der Waals surface area contributed by atoms with Crippen molar-refractivity contribution in [1.29, 1.82) is 0 Å². The average molecular weight is 390 g/mol. The first-order valence-corrected chi connectivity index (χ1v) is 8.33. The molecule has 0 spiro atoms. The Bertz CT molecular complexity index is 759. The predicted octanol–water partition coefficient (Wildman–Crippen LogP) is 1.12. The van der Waals surface area contributed by atoms with E-state index < -0.39 is 36.0 Å². The number of hydrogen-bond donors (Lipinski definition) is 4. The minimum Gasteiger partial charge on any atom is -0.497 e. The molecule has 2 aromatic rings. The highest BCUT2D eigenvalue weighted by atomic mass is 16.5. The van der Waals surface area contributed by atoms with Crippen LogP contribution in [0.5, 0.6) is 11.5 Å². The van der Waals surface area contributed by atoms with Crippen LogP contribution in [0.4, 0.5) is 0 Å². The average Bonchev–Trinajstić information content (AvgIpc) is 2.68. The van der Waals surface area contributed by atoms with Gasteiger partial charge in [0.25, 0.3) is 0 Å². The van der Waals surface area contributed by atoms with Crippen LogP contribution in [0.2, 0.25) is 0 Å². The fourth-order valence-corrected chi connectivity index (χ4v) is 2.88. The quantitative estimate of drug-likeness (QED) is 0.501. The van der Waals surface area contributed by atoms with E-state index in [1.54, 1.807) is 24.3 Å². The van der Waals surface area contributed by atoms with Crippen LogP contribution in [0.3, 0.4) is 0 Å². The second-order valence-electron chi connectivity index (χ2n) is 6.38. The maximum Gasteiger partial charge on any atom is 0.339 e. The molecular weight excluding hydrogens is 368 g/mol. The minimum absolute atomic E-state index is 0.320. The fourth-order valence-electron chi connectivity index (χ4n) is 2.88. The van der Waals surface area contributed by atoms with Crippen molar-refractivity contribution in [1.82, 2.24) is 0 Å². The third-order valence-corrected chi connectivity index (χ3v) is 4.63. The number of carboxylic acid groups (broad SMARTS) is 2. The number of carbonyl (C=O) groups is 2. The molecule has 0 saturated heterocycles. The summed E-state index contributed by atoms with van der Waals surface area (Å²) in [6.45, 7) is 0. The molecule has 0 heterocycles. The molecule has 0 aliphatic heterocycles. The molecule has 0 aliphatic rings. The lowest BCUT2D eigenvalue weighted by Gasteiger charge is -2.37. The molecule has 0 saturated carbocycles. The van der Waals surface area contributed by atoms with Gasteiger partial charge in [0.15, 0.2) is 0 Å². The van der Waals surface area contributed by atoms with Crippen molar-refractivity contribution in [3.05, 3.63) is 59.7 Å². The zero-order valence-corrected chi connectivity index (χ0v) is 15.5. The normalized spacial score (nSPS) is 15.1. The molecule has 0 fully saturated rings. The summed E-state index contributed by atoms with van der Waals surface area (Å²) in [6.07, 6.45) is -1.24. The molecule has 8 heteroatoms. The SMILES string of the molecule is COc1ccc(C[C@@](O)(C(=O)O)[C@@](O)(Cc2ccc(OC)cc2)C(=O)O)cc1. The molecule has 0 unspecified atom stereocenters. The Hall–Kier alpha value is -3.10. The molecule has 0 aromatic heterocycles. The monoisotopic (exact) mass is 390 g/mol. The number of benzene rings is 2. The van der Waals surface area contributed by atoms with Gasteiger partial charge in [-0.25, -0.2) is 9.59 Å². The van der Waals surface area contributed by atoms with Crippen LogP contribution in [0.25, 0.3) is 0 Å². The zero-order chi connectivity index (χ0) is 20.9. The number of rotatable bonds is 9. The van der Waals surface area contributed by atoms with Gasteiger partial charge in [0.2, 0.25) is 11.2 Å². The number of methoxy groups -OCH3 is 2. The van der Waals surface area contributed by atoms with Crippen LogP contribution in [0.1, 0.15) is 11.1 Å². The first-order chi connectivity index (χ1) is 13.2. The summed E-state index contributed by atoms with van der Waals surface area (Å²) in [5.74, 6) is -2.67. The fraction of sp³-hybridized carbons (Fsp3) is 0.300. The van der Waals surface area contributed by atoms with E-state index in [0.29, 0.717) is 22.6 Å². The molecule has 2 aromatic carbocycles. The molecule has 8 nitrogen and oxygen atoms in total. The van der Waals surface area contributed by atoms with Gasteiger partial charge in [0.1, 0.15) is 11.5 Å². The maximum atomic E-state index is 11.9.